The fraction of sp³-hybridized carbons (Fsp3) is 0.368. The van der Waals surface area contributed by atoms with E-state index in [1.807, 2.05) is 24.3 Å². The molecule has 6 heteroatoms. The van der Waals surface area contributed by atoms with E-state index in [0.717, 1.165) is 10.5 Å². The van der Waals surface area contributed by atoms with Gasteiger partial charge in [-0.15, -0.1) is 0 Å². The molecular formula is C19H20N2O4. The minimum atomic E-state index is -0.838. The highest BCUT2D eigenvalue weighted by Gasteiger charge is 2.42. The molecule has 0 spiro atoms. The average molecular weight is 340 g/mol. The summed E-state index contributed by atoms with van der Waals surface area (Å²) in [4.78, 5) is 49.2. The molecule has 1 aromatic rings. The van der Waals surface area contributed by atoms with Gasteiger partial charge in [-0.25, -0.2) is 0 Å². The number of benzene rings is 1. The molecule has 25 heavy (non-hydrogen) atoms. The fourth-order valence-corrected chi connectivity index (χ4v) is 3.13. The van der Waals surface area contributed by atoms with Gasteiger partial charge in [-0.1, -0.05) is 26.0 Å². The van der Waals surface area contributed by atoms with E-state index in [9.17, 15) is 19.2 Å². The van der Waals surface area contributed by atoms with E-state index in [2.05, 4.69) is 19.2 Å². The molecule has 0 saturated heterocycles. The van der Waals surface area contributed by atoms with Gasteiger partial charge in [0.25, 0.3) is 11.8 Å². The molecule has 0 radical (unpaired) electrons. The van der Waals surface area contributed by atoms with Gasteiger partial charge in [0, 0.05) is 18.2 Å². The molecule has 1 atom stereocenters. The predicted octanol–water partition coefficient (Wildman–Crippen LogP) is 2.17. The molecule has 1 fully saturated rings. The second kappa shape index (κ2) is 6.63. The van der Waals surface area contributed by atoms with Crippen LogP contribution in [0.25, 0.3) is 0 Å². The van der Waals surface area contributed by atoms with Gasteiger partial charge < -0.3 is 5.32 Å². The SMILES string of the molecule is CC(C)c1cccc(NC2=CC(=O)N(C3CCC(=O)CC3=O)C2=O)c1. The second-order valence-electron chi connectivity index (χ2n) is 6.71. The van der Waals surface area contributed by atoms with Gasteiger partial charge in [0.15, 0.2) is 5.78 Å². The lowest BCUT2D eigenvalue weighted by molar-refractivity contribution is -0.148. The largest absolute Gasteiger partial charge is 0.351 e. The molecule has 0 aromatic heterocycles. The van der Waals surface area contributed by atoms with Crippen molar-refractivity contribution in [2.75, 3.05) is 5.32 Å². The Labute approximate surface area is 145 Å². The molecule has 1 aliphatic carbocycles. The van der Waals surface area contributed by atoms with Crippen LogP contribution in [0.1, 0.15) is 44.6 Å². The van der Waals surface area contributed by atoms with Crippen LogP contribution in [0.2, 0.25) is 0 Å². The summed E-state index contributed by atoms with van der Waals surface area (Å²) in [6.45, 7) is 4.14. The Morgan fingerprint density at radius 1 is 1.16 bits per heavy atom. The van der Waals surface area contributed by atoms with Crippen molar-refractivity contribution in [3.8, 4) is 0 Å². The Morgan fingerprint density at radius 2 is 1.92 bits per heavy atom. The zero-order valence-electron chi connectivity index (χ0n) is 14.2. The van der Waals surface area contributed by atoms with Crippen LogP contribution in [0, 0.1) is 0 Å². The molecule has 1 N–H and O–H groups in total. The zero-order valence-corrected chi connectivity index (χ0v) is 14.2. The number of ketones is 2. The summed E-state index contributed by atoms with van der Waals surface area (Å²) in [6.07, 6.45) is 1.43. The van der Waals surface area contributed by atoms with Crippen LogP contribution in [-0.4, -0.2) is 34.3 Å². The van der Waals surface area contributed by atoms with Gasteiger partial charge in [0.2, 0.25) is 0 Å². The monoisotopic (exact) mass is 340 g/mol. The molecular weight excluding hydrogens is 320 g/mol. The minimum absolute atomic E-state index is 0.142. The topological polar surface area (TPSA) is 83.6 Å². The summed E-state index contributed by atoms with van der Waals surface area (Å²) in [7, 11) is 0. The van der Waals surface area contributed by atoms with Crippen molar-refractivity contribution in [2.24, 2.45) is 0 Å². The molecule has 1 saturated carbocycles. The van der Waals surface area contributed by atoms with Crippen molar-refractivity contribution in [3.05, 3.63) is 41.6 Å². The van der Waals surface area contributed by atoms with Gasteiger partial charge in [-0.2, -0.15) is 0 Å². The third-order valence-corrected chi connectivity index (χ3v) is 4.54. The summed E-state index contributed by atoms with van der Waals surface area (Å²) in [5.74, 6) is -1.20. The van der Waals surface area contributed by atoms with Crippen molar-refractivity contribution < 1.29 is 19.2 Å². The van der Waals surface area contributed by atoms with E-state index in [1.54, 1.807) is 0 Å². The third-order valence-electron chi connectivity index (χ3n) is 4.54. The van der Waals surface area contributed by atoms with Gasteiger partial charge in [0.05, 0.1) is 12.5 Å². The molecule has 1 aliphatic heterocycles. The normalized spacial score (nSPS) is 21.2. The van der Waals surface area contributed by atoms with Gasteiger partial charge in [-0.3, -0.25) is 24.1 Å². The molecule has 1 heterocycles. The number of Topliss-reactive ketones (excluding diaryl/α,β-unsaturated/α-hetero) is 2. The number of nitrogens with zero attached hydrogens (tertiary/aromatic N) is 1. The Hall–Kier alpha value is -2.76. The second-order valence-corrected chi connectivity index (χ2v) is 6.71. The fourth-order valence-electron chi connectivity index (χ4n) is 3.13. The Morgan fingerprint density at radius 3 is 2.60 bits per heavy atom. The van der Waals surface area contributed by atoms with E-state index in [1.165, 1.54) is 6.08 Å². The Bertz CT molecular complexity index is 794. The number of anilines is 1. The van der Waals surface area contributed by atoms with Crippen LogP contribution < -0.4 is 5.32 Å². The summed E-state index contributed by atoms with van der Waals surface area (Å²) in [5.41, 5.74) is 1.97. The molecule has 2 aliphatic rings. The number of hydrogen-bond donors (Lipinski definition) is 1. The highest BCUT2D eigenvalue weighted by Crippen LogP contribution is 2.26. The van der Waals surface area contributed by atoms with E-state index in [0.29, 0.717) is 11.6 Å². The van der Waals surface area contributed by atoms with Gasteiger partial charge >= 0.3 is 0 Å². The molecule has 1 aromatic carbocycles. The highest BCUT2D eigenvalue weighted by atomic mass is 16.2. The first-order valence-corrected chi connectivity index (χ1v) is 8.37. The minimum Gasteiger partial charge on any atom is -0.351 e. The molecule has 2 amide bonds. The molecule has 6 nitrogen and oxygen atoms in total. The van der Waals surface area contributed by atoms with Crippen LogP contribution in [0.3, 0.4) is 0 Å². The highest BCUT2D eigenvalue weighted by molar-refractivity contribution is 6.20. The Kier molecular flexibility index (Phi) is 4.53. The number of nitrogens with one attached hydrogen (secondary N) is 1. The third kappa shape index (κ3) is 3.38. The maximum absolute atomic E-state index is 12.6. The summed E-state index contributed by atoms with van der Waals surface area (Å²) in [6, 6.07) is 6.78. The molecule has 130 valence electrons. The summed E-state index contributed by atoms with van der Waals surface area (Å²) in [5, 5.41) is 2.98. The maximum atomic E-state index is 12.6. The lowest BCUT2D eigenvalue weighted by atomic mass is 9.92. The number of carbonyl (C=O) groups excluding carboxylic acids is 4. The summed E-state index contributed by atoms with van der Waals surface area (Å²) >= 11 is 0. The predicted molar refractivity (Wildman–Crippen MR) is 91.7 cm³/mol. The standard InChI is InChI=1S/C19H20N2O4/c1-11(2)12-4-3-5-13(8-12)20-15-10-18(24)21(19(15)25)16-7-6-14(22)9-17(16)23/h3-5,8,10-11,16,20H,6-7,9H2,1-2H3. The lowest BCUT2D eigenvalue weighted by Gasteiger charge is -2.27. The van der Waals surface area contributed by atoms with Crippen molar-refractivity contribution >= 4 is 29.1 Å². The van der Waals surface area contributed by atoms with Gasteiger partial charge in [0.1, 0.15) is 11.5 Å². The molecule has 3 rings (SSSR count). The van der Waals surface area contributed by atoms with E-state index >= 15 is 0 Å². The zero-order chi connectivity index (χ0) is 18.1. The van der Waals surface area contributed by atoms with Crippen LogP contribution in [0.15, 0.2) is 36.0 Å². The van der Waals surface area contributed by atoms with E-state index in [4.69, 9.17) is 0 Å². The van der Waals surface area contributed by atoms with Crippen molar-refractivity contribution in [2.45, 2.75) is 45.1 Å². The van der Waals surface area contributed by atoms with Gasteiger partial charge in [-0.05, 0) is 30.0 Å². The van der Waals surface area contributed by atoms with E-state index in [-0.39, 0.29) is 36.5 Å². The first-order chi connectivity index (χ1) is 11.9. The van der Waals surface area contributed by atoms with Crippen LogP contribution in [0.5, 0.6) is 0 Å². The summed E-state index contributed by atoms with van der Waals surface area (Å²) < 4.78 is 0. The average Bonchev–Trinajstić information content (AvgIpc) is 2.82. The smallest absolute Gasteiger partial charge is 0.278 e. The Balaban J connectivity index is 1.77. The number of carbonyl (C=O) groups is 4. The number of hydrogen-bond acceptors (Lipinski definition) is 5. The van der Waals surface area contributed by atoms with Crippen LogP contribution in [0.4, 0.5) is 5.69 Å². The quantitative estimate of drug-likeness (QED) is 0.671. The number of rotatable bonds is 4. The van der Waals surface area contributed by atoms with Crippen molar-refractivity contribution in [3.63, 3.8) is 0 Å². The maximum Gasteiger partial charge on any atom is 0.278 e. The van der Waals surface area contributed by atoms with E-state index < -0.39 is 17.9 Å². The van der Waals surface area contributed by atoms with Crippen LogP contribution in [-0.2, 0) is 19.2 Å². The van der Waals surface area contributed by atoms with Crippen LogP contribution >= 0.6 is 0 Å². The molecule has 1 unspecified atom stereocenters. The van der Waals surface area contributed by atoms with Crippen molar-refractivity contribution in [1.82, 2.24) is 4.90 Å². The first kappa shape index (κ1) is 17.1. The molecule has 0 bridgehead atoms. The van der Waals surface area contributed by atoms with Crippen molar-refractivity contribution in [1.29, 1.82) is 0 Å². The number of imide groups is 1. The number of amides is 2. The lowest BCUT2D eigenvalue weighted by Crippen LogP contribution is -2.48. The first-order valence-electron chi connectivity index (χ1n) is 8.37.